The number of hydrogen-bond donors (Lipinski definition) is 2. The van der Waals surface area contributed by atoms with Gasteiger partial charge in [0, 0.05) is 11.2 Å². The lowest BCUT2D eigenvalue weighted by Crippen LogP contribution is -2.45. The van der Waals surface area contributed by atoms with Gasteiger partial charge in [0.1, 0.15) is 0 Å². The molecule has 4 nitrogen and oxygen atoms in total. The maximum atomic E-state index is 12.7. The molecule has 1 amide bonds. The number of rotatable bonds is 2. The number of carboxylic acid groups (broad SMARTS) is 1. The Morgan fingerprint density at radius 3 is 1.76 bits per heavy atom. The van der Waals surface area contributed by atoms with Gasteiger partial charge in [-0.1, -0.05) is 12.1 Å². The van der Waals surface area contributed by atoms with E-state index in [1.807, 2.05) is 0 Å². The minimum atomic E-state index is -4.81. The van der Waals surface area contributed by atoms with Crippen molar-refractivity contribution in [1.29, 1.82) is 0 Å². The third-order valence-corrected chi connectivity index (χ3v) is 3.10. The van der Waals surface area contributed by atoms with Crippen LogP contribution >= 0.6 is 0 Å². The summed E-state index contributed by atoms with van der Waals surface area (Å²) in [6, 6.07) is 4.64. The van der Waals surface area contributed by atoms with Crippen LogP contribution in [-0.2, 0) is 5.60 Å². The Bertz CT molecular complexity index is 516. The highest BCUT2D eigenvalue weighted by molar-refractivity contribution is 5.87. The summed E-state index contributed by atoms with van der Waals surface area (Å²) >= 11 is 0. The largest absolute Gasteiger partial charge is 0.465 e. The molecule has 0 aliphatic rings. The summed E-state index contributed by atoms with van der Waals surface area (Å²) in [5.41, 5.74) is -3.85. The third-order valence-electron chi connectivity index (χ3n) is 3.10. The molecular weight excluding hydrogens is 287 g/mol. The van der Waals surface area contributed by atoms with E-state index in [9.17, 15) is 28.2 Å². The topological polar surface area (TPSA) is 60.8 Å². The zero-order valence-corrected chi connectivity index (χ0v) is 12.2. The molecule has 118 valence electrons. The molecule has 21 heavy (non-hydrogen) atoms. The SMILES string of the molecule is CC(C)(C)N(C(=O)O)c1ccc([C@@](C)(O)C(F)(F)F)cc1. The number of benzene rings is 1. The predicted octanol–water partition coefficient (Wildman–Crippen LogP) is 3.74. The van der Waals surface area contributed by atoms with E-state index < -0.39 is 23.4 Å². The summed E-state index contributed by atoms with van der Waals surface area (Å²) in [7, 11) is 0. The highest BCUT2D eigenvalue weighted by Gasteiger charge is 2.51. The lowest BCUT2D eigenvalue weighted by atomic mass is 9.94. The summed E-state index contributed by atoms with van der Waals surface area (Å²) in [5, 5.41) is 18.8. The number of hydrogen-bond acceptors (Lipinski definition) is 2. The monoisotopic (exact) mass is 305 g/mol. The van der Waals surface area contributed by atoms with E-state index in [4.69, 9.17) is 0 Å². The van der Waals surface area contributed by atoms with Crippen molar-refractivity contribution in [1.82, 2.24) is 0 Å². The molecule has 1 rings (SSSR count). The van der Waals surface area contributed by atoms with Crippen molar-refractivity contribution in [2.45, 2.75) is 45.0 Å². The van der Waals surface area contributed by atoms with Crippen LogP contribution < -0.4 is 4.90 Å². The number of aliphatic hydroxyl groups is 1. The summed E-state index contributed by atoms with van der Waals surface area (Å²) in [4.78, 5) is 12.3. The lowest BCUT2D eigenvalue weighted by Gasteiger charge is -2.33. The minimum absolute atomic E-state index is 0.233. The number of carbonyl (C=O) groups is 1. The van der Waals surface area contributed by atoms with E-state index in [2.05, 4.69) is 0 Å². The standard InChI is InChI=1S/C14H18F3NO3/c1-12(2,3)18(11(19)20)10-7-5-9(6-8-10)13(4,21)14(15,16)17/h5-8,21H,1-4H3,(H,19,20)/t13-/m1/s1. The second kappa shape index (κ2) is 5.22. The molecule has 1 aromatic carbocycles. The molecule has 0 aromatic heterocycles. The second-order valence-electron chi connectivity index (χ2n) is 5.91. The lowest BCUT2D eigenvalue weighted by molar-refractivity contribution is -0.258. The normalized spacial score (nSPS) is 15.4. The Balaban J connectivity index is 3.22. The van der Waals surface area contributed by atoms with Gasteiger partial charge in [0.25, 0.3) is 0 Å². The maximum Gasteiger partial charge on any atom is 0.421 e. The molecule has 1 aromatic rings. The Morgan fingerprint density at radius 2 is 1.48 bits per heavy atom. The van der Waals surface area contributed by atoms with Crippen molar-refractivity contribution in [3.8, 4) is 0 Å². The van der Waals surface area contributed by atoms with Crippen LogP contribution in [0.1, 0.15) is 33.3 Å². The van der Waals surface area contributed by atoms with Gasteiger partial charge in [0.05, 0.1) is 0 Å². The van der Waals surface area contributed by atoms with Crippen molar-refractivity contribution in [3.05, 3.63) is 29.8 Å². The summed E-state index contributed by atoms with van der Waals surface area (Å²) in [6.45, 7) is 5.66. The van der Waals surface area contributed by atoms with E-state index in [0.29, 0.717) is 6.92 Å². The predicted molar refractivity (Wildman–Crippen MR) is 72.3 cm³/mol. The Hall–Kier alpha value is -1.76. The smallest absolute Gasteiger partial charge is 0.421 e. The highest BCUT2D eigenvalue weighted by atomic mass is 19.4. The first-order chi connectivity index (χ1) is 9.28. The highest BCUT2D eigenvalue weighted by Crippen LogP contribution is 2.39. The number of amides is 1. The number of halogens is 3. The van der Waals surface area contributed by atoms with Crippen LogP contribution in [0.4, 0.5) is 23.7 Å². The fourth-order valence-corrected chi connectivity index (χ4v) is 1.88. The molecule has 2 N–H and O–H groups in total. The third kappa shape index (κ3) is 3.47. The molecule has 7 heteroatoms. The first-order valence-corrected chi connectivity index (χ1v) is 6.21. The van der Waals surface area contributed by atoms with Crippen LogP contribution in [0.5, 0.6) is 0 Å². The first kappa shape index (κ1) is 17.3. The van der Waals surface area contributed by atoms with Crippen molar-refractivity contribution in [2.75, 3.05) is 4.90 Å². The Morgan fingerprint density at radius 1 is 1.05 bits per heavy atom. The maximum absolute atomic E-state index is 12.7. The van der Waals surface area contributed by atoms with Crippen molar-refractivity contribution < 1.29 is 28.2 Å². The fraction of sp³-hybridized carbons (Fsp3) is 0.500. The zero-order valence-electron chi connectivity index (χ0n) is 12.2. The van der Waals surface area contributed by atoms with Gasteiger partial charge in [0.2, 0.25) is 0 Å². The van der Waals surface area contributed by atoms with Crippen LogP contribution in [0, 0.1) is 0 Å². The molecule has 0 heterocycles. The van der Waals surface area contributed by atoms with Crippen LogP contribution in [-0.4, -0.2) is 28.0 Å². The second-order valence-corrected chi connectivity index (χ2v) is 5.91. The van der Waals surface area contributed by atoms with Gasteiger partial charge in [-0.25, -0.2) is 4.79 Å². The average molecular weight is 305 g/mol. The van der Waals surface area contributed by atoms with E-state index in [1.54, 1.807) is 20.8 Å². The van der Waals surface area contributed by atoms with E-state index in [0.717, 1.165) is 17.0 Å². The van der Waals surface area contributed by atoms with E-state index in [-0.39, 0.29) is 11.3 Å². The summed E-state index contributed by atoms with van der Waals surface area (Å²) in [6.07, 6.45) is -6.02. The fourth-order valence-electron chi connectivity index (χ4n) is 1.88. The molecule has 0 bridgehead atoms. The number of alkyl halides is 3. The quantitative estimate of drug-likeness (QED) is 0.875. The van der Waals surface area contributed by atoms with Crippen LogP contribution in [0.2, 0.25) is 0 Å². The van der Waals surface area contributed by atoms with Gasteiger partial charge in [-0.15, -0.1) is 0 Å². The van der Waals surface area contributed by atoms with Gasteiger partial charge in [-0.3, -0.25) is 4.90 Å². The first-order valence-electron chi connectivity index (χ1n) is 6.21. The van der Waals surface area contributed by atoms with E-state index in [1.165, 1.54) is 12.1 Å². The van der Waals surface area contributed by atoms with E-state index >= 15 is 0 Å². The minimum Gasteiger partial charge on any atom is -0.465 e. The van der Waals surface area contributed by atoms with Gasteiger partial charge in [0.15, 0.2) is 5.60 Å². The van der Waals surface area contributed by atoms with Crippen molar-refractivity contribution >= 4 is 11.8 Å². The van der Waals surface area contributed by atoms with Crippen molar-refractivity contribution in [3.63, 3.8) is 0 Å². The zero-order chi connectivity index (χ0) is 16.6. The number of nitrogens with zero attached hydrogens (tertiary/aromatic N) is 1. The average Bonchev–Trinajstić information content (AvgIpc) is 2.25. The van der Waals surface area contributed by atoms with Crippen LogP contribution in [0.25, 0.3) is 0 Å². The molecular formula is C14H18F3NO3. The molecule has 0 aliphatic heterocycles. The Kier molecular flexibility index (Phi) is 4.29. The summed E-state index contributed by atoms with van der Waals surface area (Å²) < 4.78 is 38.2. The molecule has 0 spiro atoms. The van der Waals surface area contributed by atoms with Crippen molar-refractivity contribution in [2.24, 2.45) is 0 Å². The number of anilines is 1. The van der Waals surface area contributed by atoms with Crippen LogP contribution in [0.3, 0.4) is 0 Å². The van der Waals surface area contributed by atoms with Gasteiger partial charge in [-0.05, 0) is 45.4 Å². The van der Waals surface area contributed by atoms with Gasteiger partial charge >= 0.3 is 12.3 Å². The van der Waals surface area contributed by atoms with Gasteiger partial charge in [-0.2, -0.15) is 13.2 Å². The molecule has 0 radical (unpaired) electrons. The summed E-state index contributed by atoms with van der Waals surface area (Å²) in [5.74, 6) is 0. The molecule has 0 saturated carbocycles. The molecule has 0 aliphatic carbocycles. The van der Waals surface area contributed by atoms with Crippen LogP contribution in [0.15, 0.2) is 24.3 Å². The van der Waals surface area contributed by atoms with Gasteiger partial charge < -0.3 is 10.2 Å². The molecule has 0 saturated heterocycles. The molecule has 0 unspecified atom stereocenters. The Labute approximate surface area is 120 Å². The molecule has 1 atom stereocenters. The molecule has 0 fully saturated rings.